The molecule has 2 aromatic heterocycles. The predicted molar refractivity (Wildman–Crippen MR) is 103 cm³/mol. The molecule has 0 spiro atoms. The topological polar surface area (TPSA) is 67.2 Å². The van der Waals surface area contributed by atoms with Crippen LogP contribution in [0.3, 0.4) is 0 Å². The Labute approximate surface area is 162 Å². The quantitative estimate of drug-likeness (QED) is 0.692. The number of benzene rings is 1. The summed E-state index contributed by atoms with van der Waals surface area (Å²) in [5, 5.41) is 0.680. The van der Waals surface area contributed by atoms with Gasteiger partial charge in [-0.1, -0.05) is 23.7 Å². The number of amides is 1. The lowest BCUT2D eigenvalue weighted by Crippen LogP contribution is -2.49. The summed E-state index contributed by atoms with van der Waals surface area (Å²) in [7, 11) is 0. The molecule has 1 aliphatic rings. The van der Waals surface area contributed by atoms with Crippen molar-refractivity contribution in [2.75, 3.05) is 31.1 Å². The van der Waals surface area contributed by atoms with E-state index in [4.69, 9.17) is 11.6 Å². The molecule has 3 heterocycles. The first-order valence-electron chi connectivity index (χ1n) is 8.76. The largest absolute Gasteiger partial charge is 0.353 e. The van der Waals surface area contributed by atoms with Gasteiger partial charge >= 0.3 is 0 Å². The molecule has 27 heavy (non-hydrogen) atoms. The Bertz CT molecular complexity index is 904. The molecule has 0 atom stereocenters. The highest BCUT2D eigenvalue weighted by atomic mass is 35.5. The molecule has 0 saturated carbocycles. The second-order valence-electron chi connectivity index (χ2n) is 6.38. The van der Waals surface area contributed by atoms with E-state index in [1.165, 1.54) is 0 Å². The molecule has 1 aliphatic heterocycles. The highest BCUT2D eigenvalue weighted by molar-refractivity contribution is 6.30. The number of carbonyl (C=O) groups excluding carboxylic acids is 1. The summed E-state index contributed by atoms with van der Waals surface area (Å²) in [6.07, 6.45) is 7.23. The Kier molecular flexibility index (Phi) is 5.02. The van der Waals surface area contributed by atoms with E-state index in [0.29, 0.717) is 24.5 Å². The maximum Gasteiger partial charge on any atom is 0.227 e. The van der Waals surface area contributed by atoms with Gasteiger partial charge in [0.2, 0.25) is 5.91 Å². The van der Waals surface area contributed by atoms with Gasteiger partial charge in [0.05, 0.1) is 6.42 Å². The van der Waals surface area contributed by atoms with E-state index in [1.807, 2.05) is 46.0 Å². The third kappa shape index (κ3) is 4.09. The van der Waals surface area contributed by atoms with E-state index in [-0.39, 0.29) is 5.91 Å². The molecule has 0 aliphatic carbocycles. The summed E-state index contributed by atoms with van der Waals surface area (Å²) in [4.78, 5) is 29.3. The molecule has 8 heteroatoms. The summed E-state index contributed by atoms with van der Waals surface area (Å²) in [6, 6.07) is 9.36. The zero-order chi connectivity index (χ0) is 18.6. The zero-order valence-electron chi connectivity index (χ0n) is 14.7. The maximum absolute atomic E-state index is 12.5. The van der Waals surface area contributed by atoms with Gasteiger partial charge in [0, 0.05) is 49.7 Å². The Morgan fingerprint density at radius 2 is 1.78 bits per heavy atom. The monoisotopic (exact) mass is 382 g/mol. The summed E-state index contributed by atoms with van der Waals surface area (Å²) >= 11 is 5.90. The first-order valence-corrected chi connectivity index (χ1v) is 9.14. The van der Waals surface area contributed by atoms with E-state index < -0.39 is 0 Å². The van der Waals surface area contributed by atoms with Crippen molar-refractivity contribution in [1.29, 1.82) is 0 Å². The fourth-order valence-corrected chi connectivity index (χ4v) is 3.25. The number of carbonyl (C=O) groups is 1. The van der Waals surface area contributed by atoms with Gasteiger partial charge < -0.3 is 9.80 Å². The van der Waals surface area contributed by atoms with Crippen LogP contribution < -0.4 is 4.90 Å². The average molecular weight is 383 g/mol. The summed E-state index contributed by atoms with van der Waals surface area (Å²) in [6.45, 7) is 2.84. The standard InChI is InChI=1S/C19H19ClN6O/c20-16-3-1-15(2-4-16)11-19(27)25-9-7-24(8-10-25)17-12-18(23-13-22-17)26-6-5-21-14-26/h1-6,12-14H,7-11H2. The van der Waals surface area contributed by atoms with Crippen molar-refractivity contribution >= 4 is 23.3 Å². The van der Waals surface area contributed by atoms with Crippen LogP contribution in [0, 0.1) is 0 Å². The first-order chi connectivity index (χ1) is 13.2. The molecule has 4 rings (SSSR count). The van der Waals surface area contributed by atoms with Crippen LogP contribution in [0.4, 0.5) is 5.82 Å². The van der Waals surface area contributed by atoms with Crippen molar-refractivity contribution in [3.8, 4) is 5.82 Å². The Hall–Kier alpha value is -2.93. The normalized spacial score (nSPS) is 14.4. The molecule has 1 amide bonds. The van der Waals surface area contributed by atoms with Crippen LogP contribution in [0.25, 0.3) is 5.82 Å². The molecule has 0 bridgehead atoms. The molecular formula is C19H19ClN6O. The number of anilines is 1. The predicted octanol–water partition coefficient (Wildman–Crippen LogP) is 2.21. The molecule has 3 aromatic rings. The van der Waals surface area contributed by atoms with E-state index in [1.54, 1.807) is 18.9 Å². The van der Waals surface area contributed by atoms with E-state index >= 15 is 0 Å². The van der Waals surface area contributed by atoms with Crippen LogP contribution in [0.2, 0.25) is 5.02 Å². The van der Waals surface area contributed by atoms with Gasteiger partial charge in [-0.25, -0.2) is 15.0 Å². The number of imidazole rings is 1. The third-order valence-electron chi connectivity index (χ3n) is 4.63. The lowest BCUT2D eigenvalue weighted by atomic mass is 10.1. The molecule has 1 fully saturated rings. The Morgan fingerprint density at radius 3 is 2.48 bits per heavy atom. The van der Waals surface area contributed by atoms with Gasteiger partial charge in [0.15, 0.2) is 0 Å². The molecule has 0 radical (unpaired) electrons. The van der Waals surface area contributed by atoms with Crippen molar-refractivity contribution in [2.45, 2.75) is 6.42 Å². The Morgan fingerprint density at radius 1 is 1.04 bits per heavy atom. The highest BCUT2D eigenvalue weighted by Gasteiger charge is 2.22. The number of piperazine rings is 1. The number of nitrogens with zero attached hydrogens (tertiary/aromatic N) is 6. The second kappa shape index (κ2) is 7.75. The van der Waals surface area contributed by atoms with Gasteiger partial charge in [0.25, 0.3) is 0 Å². The summed E-state index contributed by atoms with van der Waals surface area (Å²) < 4.78 is 1.84. The number of hydrogen-bond donors (Lipinski definition) is 0. The van der Waals surface area contributed by atoms with Crippen LogP contribution in [0.5, 0.6) is 0 Å². The summed E-state index contributed by atoms with van der Waals surface area (Å²) in [5.74, 6) is 1.77. The zero-order valence-corrected chi connectivity index (χ0v) is 15.5. The molecule has 0 N–H and O–H groups in total. The fraction of sp³-hybridized carbons (Fsp3) is 0.263. The molecule has 1 aromatic carbocycles. The third-order valence-corrected chi connectivity index (χ3v) is 4.88. The first kappa shape index (κ1) is 17.5. The van der Waals surface area contributed by atoms with E-state index in [0.717, 1.165) is 30.3 Å². The smallest absolute Gasteiger partial charge is 0.227 e. The Balaban J connectivity index is 1.37. The maximum atomic E-state index is 12.5. The van der Waals surface area contributed by atoms with Crippen molar-refractivity contribution in [3.05, 3.63) is 66.0 Å². The molecular weight excluding hydrogens is 364 g/mol. The number of halogens is 1. The van der Waals surface area contributed by atoms with Crippen LogP contribution >= 0.6 is 11.6 Å². The minimum atomic E-state index is 0.138. The van der Waals surface area contributed by atoms with Gasteiger partial charge in [0.1, 0.15) is 24.3 Å². The number of aromatic nitrogens is 4. The van der Waals surface area contributed by atoms with Crippen LogP contribution in [-0.4, -0.2) is 56.5 Å². The van der Waals surface area contributed by atoms with Crippen molar-refractivity contribution in [3.63, 3.8) is 0 Å². The molecule has 1 saturated heterocycles. The average Bonchev–Trinajstić information content (AvgIpc) is 3.25. The van der Waals surface area contributed by atoms with Crippen LogP contribution in [-0.2, 0) is 11.2 Å². The van der Waals surface area contributed by atoms with Crippen molar-refractivity contribution in [1.82, 2.24) is 24.4 Å². The van der Waals surface area contributed by atoms with E-state index in [9.17, 15) is 4.79 Å². The SMILES string of the molecule is O=C(Cc1ccc(Cl)cc1)N1CCN(c2cc(-n3ccnc3)ncn2)CC1. The molecule has 138 valence electrons. The lowest BCUT2D eigenvalue weighted by molar-refractivity contribution is -0.130. The fourth-order valence-electron chi connectivity index (χ4n) is 3.12. The molecule has 0 unspecified atom stereocenters. The van der Waals surface area contributed by atoms with Gasteiger partial charge in [-0.3, -0.25) is 9.36 Å². The van der Waals surface area contributed by atoms with Gasteiger partial charge in [-0.05, 0) is 17.7 Å². The highest BCUT2D eigenvalue weighted by Crippen LogP contribution is 2.17. The number of rotatable bonds is 4. The van der Waals surface area contributed by atoms with Crippen LogP contribution in [0.1, 0.15) is 5.56 Å². The second-order valence-corrected chi connectivity index (χ2v) is 6.81. The van der Waals surface area contributed by atoms with Crippen molar-refractivity contribution < 1.29 is 4.79 Å². The van der Waals surface area contributed by atoms with Gasteiger partial charge in [-0.15, -0.1) is 0 Å². The summed E-state index contributed by atoms with van der Waals surface area (Å²) in [5.41, 5.74) is 0.979. The molecule has 7 nitrogen and oxygen atoms in total. The minimum Gasteiger partial charge on any atom is -0.353 e. The van der Waals surface area contributed by atoms with Crippen LogP contribution in [0.15, 0.2) is 55.4 Å². The van der Waals surface area contributed by atoms with E-state index in [2.05, 4.69) is 19.9 Å². The number of hydrogen-bond acceptors (Lipinski definition) is 5. The minimum absolute atomic E-state index is 0.138. The van der Waals surface area contributed by atoms with Crippen molar-refractivity contribution in [2.24, 2.45) is 0 Å². The lowest BCUT2D eigenvalue weighted by Gasteiger charge is -2.35. The van der Waals surface area contributed by atoms with Gasteiger partial charge in [-0.2, -0.15) is 0 Å².